The third-order valence-corrected chi connectivity index (χ3v) is 5.58. The summed E-state index contributed by atoms with van der Waals surface area (Å²) >= 11 is 0. The Kier molecular flexibility index (Phi) is 6.98. The topological polar surface area (TPSA) is 73.3 Å². The molecule has 3 rings (SSSR count). The van der Waals surface area contributed by atoms with E-state index in [4.69, 9.17) is 9.84 Å². The van der Waals surface area contributed by atoms with Gasteiger partial charge in [0.2, 0.25) is 5.91 Å². The normalized spacial score (nSPS) is 21.8. The lowest BCUT2D eigenvalue weighted by Crippen LogP contribution is -2.50. The van der Waals surface area contributed by atoms with Gasteiger partial charge in [0.1, 0.15) is 11.9 Å². The van der Waals surface area contributed by atoms with Crippen molar-refractivity contribution in [1.29, 1.82) is 0 Å². The molecule has 1 aromatic carbocycles. The number of ether oxygens (including phenoxy) is 1. The number of hydrogen-bond acceptors (Lipinski definition) is 5. The zero-order valence-corrected chi connectivity index (χ0v) is 16.2. The molecule has 2 aliphatic rings. The third kappa shape index (κ3) is 5.50. The lowest BCUT2D eigenvalue weighted by atomic mass is 10.0. The Morgan fingerprint density at radius 3 is 2.54 bits per heavy atom. The molecule has 1 atom stereocenters. The minimum atomic E-state index is -0.817. The summed E-state index contributed by atoms with van der Waals surface area (Å²) < 4.78 is 18.9. The number of benzene rings is 1. The molecule has 8 heteroatoms. The summed E-state index contributed by atoms with van der Waals surface area (Å²) in [5, 5.41) is 8.92. The minimum Gasteiger partial charge on any atom is -0.480 e. The molecule has 0 aromatic heterocycles. The number of rotatable bonds is 6. The standard InChI is InChI=1S/C20H28FN3O4/c1-22(14-20(26)27)17-6-8-23(9-7-17)13-19(25)24-10-11-28-18(12-24)15-2-4-16(21)5-3-15/h2-5,17-18H,6-14H2,1H3,(H,26,27). The van der Waals surface area contributed by atoms with Crippen LogP contribution in [0.2, 0.25) is 0 Å². The number of amides is 1. The van der Waals surface area contributed by atoms with Crippen LogP contribution in [0.1, 0.15) is 24.5 Å². The number of carbonyl (C=O) groups is 2. The maximum atomic E-state index is 13.1. The van der Waals surface area contributed by atoms with E-state index in [2.05, 4.69) is 4.90 Å². The van der Waals surface area contributed by atoms with Crippen LogP contribution in [-0.4, -0.2) is 90.6 Å². The molecule has 2 saturated heterocycles. The van der Waals surface area contributed by atoms with Crippen LogP contribution in [-0.2, 0) is 14.3 Å². The molecule has 0 bridgehead atoms. The Balaban J connectivity index is 1.47. The van der Waals surface area contributed by atoms with Crippen LogP contribution in [0.15, 0.2) is 24.3 Å². The number of nitrogens with zero attached hydrogens (tertiary/aromatic N) is 3. The second-order valence-electron chi connectivity index (χ2n) is 7.57. The van der Waals surface area contributed by atoms with Gasteiger partial charge in [-0.3, -0.25) is 19.4 Å². The predicted octanol–water partition coefficient (Wildman–Crippen LogP) is 1.21. The number of carboxylic acid groups (broad SMARTS) is 1. The van der Waals surface area contributed by atoms with E-state index >= 15 is 0 Å². The van der Waals surface area contributed by atoms with Gasteiger partial charge in [0, 0.05) is 25.7 Å². The highest BCUT2D eigenvalue weighted by Gasteiger charge is 2.29. The molecule has 1 N–H and O–H groups in total. The van der Waals surface area contributed by atoms with Crippen molar-refractivity contribution in [2.24, 2.45) is 0 Å². The Morgan fingerprint density at radius 1 is 1.21 bits per heavy atom. The summed E-state index contributed by atoms with van der Waals surface area (Å²) in [6.07, 6.45) is 1.49. The minimum absolute atomic E-state index is 0.0438. The van der Waals surface area contributed by atoms with E-state index in [0.29, 0.717) is 26.2 Å². The molecule has 7 nitrogen and oxygen atoms in total. The van der Waals surface area contributed by atoms with Crippen molar-refractivity contribution in [2.75, 3.05) is 52.9 Å². The zero-order valence-electron chi connectivity index (χ0n) is 16.2. The maximum absolute atomic E-state index is 13.1. The molecule has 0 saturated carbocycles. The summed E-state index contributed by atoms with van der Waals surface area (Å²) in [6.45, 7) is 3.48. The monoisotopic (exact) mass is 393 g/mol. The van der Waals surface area contributed by atoms with Crippen LogP contribution < -0.4 is 0 Å². The summed E-state index contributed by atoms with van der Waals surface area (Å²) in [7, 11) is 1.84. The van der Waals surface area contributed by atoms with Crippen molar-refractivity contribution in [3.63, 3.8) is 0 Å². The summed E-state index contributed by atoms with van der Waals surface area (Å²) in [5.74, 6) is -1.03. The van der Waals surface area contributed by atoms with E-state index in [1.54, 1.807) is 12.1 Å². The van der Waals surface area contributed by atoms with Crippen LogP contribution in [0.25, 0.3) is 0 Å². The van der Waals surface area contributed by atoms with Gasteiger partial charge in [-0.25, -0.2) is 4.39 Å². The molecule has 2 fully saturated rings. The molecule has 1 unspecified atom stereocenters. The van der Waals surface area contributed by atoms with Crippen molar-refractivity contribution < 1.29 is 23.8 Å². The van der Waals surface area contributed by atoms with Gasteiger partial charge < -0.3 is 14.7 Å². The van der Waals surface area contributed by atoms with E-state index in [1.807, 2.05) is 16.8 Å². The lowest BCUT2D eigenvalue weighted by Gasteiger charge is -2.38. The second kappa shape index (κ2) is 9.45. The first-order valence-corrected chi connectivity index (χ1v) is 9.71. The first kappa shape index (κ1) is 20.7. The summed E-state index contributed by atoms with van der Waals surface area (Å²) in [4.78, 5) is 29.4. The second-order valence-corrected chi connectivity index (χ2v) is 7.57. The number of likely N-dealkylation sites (tertiary alicyclic amines) is 1. The molecule has 0 aliphatic carbocycles. The van der Waals surface area contributed by atoms with Crippen molar-refractivity contribution in [2.45, 2.75) is 25.0 Å². The predicted molar refractivity (Wildman–Crippen MR) is 101 cm³/mol. The van der Waals surface area contributed by atoms with Crippen molar-refractivity contribution in [3.05, 3.63) is 35.6 Å². The average molecular weight is 393 g/mol. The fraction of sp³-hybridized carbons (Fsp3) is 0.600. The number of morpholine rings is 1. The largest absolute Gasteiger partial charge is 0.480 e. The first-order valence-electron chi connectivity index (χ1n) is 9.71. The highest BCUT2D eigenvalue weighted by molar-refractivity contribution is 5.78. The van der Waals surface area contributed by atoms with Crippen molar-refractivity contribution >= 4 is 11.9 Å². The van der Waals surface area contributed by atoms with Crippen LogP contribution in [0.4, 0.5) is 4.39 Å². The molecule has 1 aromatic rings. The van der Waals surface area contributed by atoms with Gasteiger partial charge in [0.25, 0.3) is 0 Å². The number of carbonyl (C=O) groups excluding carboxylic acids is 1. The van der Waals surface area contributed by atoms with E-state index in [9.17, 15) is 14.0 Å². The Labute approximate surface area is 164 Å². The number of aliphatic carboxylic acids is 1. The van der Waals surface area contributed by atoms with Gasteiger partial charge in [0.15, 0.2) is 0 Å². The van der Waals surface area contributed by atoms with Gasteiger partial charge >= 0.3 is 5.97 Å². The van der Waals surface area contributed by atoms with Crippen LogP contribution in [0, 0.1) is 5.82 Å². The third-order valence-electron chi connectivity index (χ3n) is 5.58. The van der Waals surface area contributed by atoms with Crippen LogP contribution in [0.5, 0.6) is 0 Å². The van der Waals surface area contributed by atoms with E-state index in [-0.39, 0.29) is 30.4 Å². The number of hydrogen-bond donors (Lipinski definition) is 1. The molecule has 1 amide bonds. The summed E-state index contributed by atoms with van der Waals surface area (Å²) in [5.41, 5.74) is 0.876. The van der Waals surface area contributed by atoms with Crippen molar-refractivity contribution in [3.8, 4) is 0 Å². The smallest absolute Gasteiger partial charge is 0.317 e. The number of halogens is 1. The molecular weight excluding hydrogens is 365 g/mol. The maximum Gasteiger partial charge on any atom is 0.317 e. The fourth-order valence-electron chi connectivity index (χ4n) is 3.91. The van der Waals surface area contributed by atoms with Gasteiger partial charge in [-0.05, 0) is 37.6 Å². The molecule has 2 aliphatic heterocycles. The molecular formula is C20H28FN3O4. The van der Waals surface area contributed by atoms with Gasteiger partial charge in [-0.15, -0.1) is 0 Å². The highest BCUT2D eigenvalue weighted by atomic mass is 19.1. The average Bonchev–Trinajstić information content (AvgIpc) is 2.68. The Morgan fingerprint density at radius 2 is 1.89 bits per heavy atom. The van der Waals surface area contributed by atoms with Gasteiger partial charge in [-0.1, -0.05) is 12.1 Å². The van der Waals surface area contributed by atoms with E-state index < -0.39 is 5.97 Å². The molecule has 0 spiro atoms. The van der Waals surface area contributed by atoms with Crippen molar-refractivity contribution in [1.82, 2.24) is 14.7 Å². The first-order chi connectivity index (χ1) is 13.4. The van der Waals surface area contributed by atoms with E-state index in [0.717, 1.165) is 31.5 Å². The van der Waals surface area contributed by atoms with Gasteiger partial charge in [0.05, 0.1) is 26.2 Å². The molecule has 154 valence electrons. The quantitative estimate of drug-likeness (QED) is 0.783. The molecule has 28 heavy (non-hydrogen) atoms. The fourth-order valence-corrected chi connectivity index (χ4v) is 3.91. The summed E-state index contributed by atoms with van der Waals surface area (Å²) in [6, 6.07) is 6.46. The lowest BCUT2D eigenvalue weighted by molar-refractivity contribution is -0.140. The Hall–Kier alpha value is -2.03. The number of likely N-dealkylation sites (N-methyl/N-ethyl adjacent to an activating group) is 1. The van der Waals surface area contributed by atoms with Crippen LogP contribution >= 0.6 is 0 Å². The highest BCUT2D eigenvalue weighted by Crippen LogP contribution is 2.23. The SMILES string of the molecule is CN(CC(=O)O)C1CCN(CC(=O)N2CCOC(c3ccc(F)cc3)C2)CC1. The number of carboxylic acids is 1. The number of piperidine rings is 1. The molecule has 0 radical (unpaired) electrons. The zero-order chi connectivity index (χ0) is 20.1. The van der Waals surface area contributed by atoms with Crippen LogP contribution in [0.3, 0.4) is 0 Å². The Bertz CT molecular complexity index is 677. The molecule has 2 heterocycles. The van der Waals surface area contributed by atoms with Gasteiger partial charge in [-0.2, -0.15) is 0 Å². The van der Waals surface area contributed by atoms with E-state index in [1.165, 1.54) is 12.1 Å².